The molecule has 6 nitrogen and oxygen atoms in total. The van der Waals surface area contributed by atoms with E-state index in [2.05, 4.69) is 16.0 Å². The number of hydrogen-bond acceptors (Lipinski definition) is 4. The molecule has 0 aliphatic carbocycles. The molecule has 2 rings (SSSR count). The Hall–Kier alpha value is -2.67. The zero-order chi connectivity index (χ0) is 21.1. The van der Waals surface area contributed by atoms with Gasteiger partial charge in [-0.05, 0) is 44.5 Å². The number of rotatable bonds is 5. The number of carbonyl (C=O) groups is 3. The summed E-state index contributed by atoms with van der Waals surface area (Å²) in [4.78, 5) is 37.8. The van der Waals surface area contributed by atoms with Crippen LogP contribution in [0.5, 0.6) is 0 Å². The Balaban J connectivity index is 2.21. The summed E-state index contributed by atoms with van der Waals surface area (Å²) in [6.07, 6.45) is 0. The van der Waals surface area contributed by atoms with E-state index in [1.807, 2.05) is 41.5 Å². The minimum Gasteiger partial charge on any atom is -0.350 e. The summed E-state index contributed by atoms with van der Waals surface area (Å²) in [5, 5.41) is 9.11. The maximum Gasteiger partial charge on any atom is 0.266 e. The average molecular weight is 402 g/mol. The molecule has 150 valence electrons. The molecule has 0 saturated heterocycles. The Bertz CT molecular complexity index is 895. The summed E-state index contributed by atoms with van der Waals surface area (Å²) in [5.74, 6) is -0.674. The molecule has 1 heterocycles. The van der Waals surface area contributed by atoms with Gasteiger partial charge in [-0.3, -0.25) is 14.4 Å². The van der Waals surface area contributed by atoms with E-state index in [1.165, 1.54) is 11.3 Å². The molecule has 0 atom stereocenters. The molecule has 28 heavy (non-hydrogen) atoms. The topological polar surface area (TPSA) is 87.3 Å². The Morgan fingerprint density at radius 1 is 1.00 bits per heavy atom. The van der Waals surface area contributed by atoms with E-state index < -0.39 is 5.41 Å². The van der Waals surface area contributed by atoms with E-state index in [0.717, 1.165) is 5.56 Å². The number of aryl methyl sites for hydroxylation is 1. The van der Waals surface area contributed by atoms with Gasteiger partial charge in [-0.2, -0.15) is 0 Å². The van der Waals surface area contributed by atoms with Gasteiger partial charge < -0.3 is 16.0 Å². The molecule has 3 amide bonds. The molecule has 7 heteroatoms. The van der Waals surface area contributed by atoms with Gasteiger partial charge in [0.1, 0.15) is 0 Å². The number of amides is 3. The Labute approximate surface area is 169 Å². The van der Waals surface area contributed by atoms with E-state index >= 15 is 0 Å². The highest BCUT2D eigenvalue weighted by Crippen LogP contribution is 2.29. The average Bonchev–Trinajstić information content (AvgIpc) is 2.94. The van der Waals surface area contributed by atoms with Crippen molar-refractivity contribution in [3.63, 3.8) is 0 Å². The Morgan fingerprint density at radius 3 is 2.25 bits per heavy atom. The Kier molecular flexibility index (Phi) is 6.61. The molecule has 0 bridgehead atoms. The van der Waals surface area contributed by atoms with Crippen LogP contribution in [0.15, 0.2) is 30.3 Å². The first-order valence-corrected chi connectivity index (χ1v) is 9.94. The fourth-order valence-corrected chi connectivity index (χ4v) is 3.34. The minimum absolute atomic E-state index is 0.00946. The Morgan fingerprint density at radius 2 is 1.64 bits per heavy atom. The second-order valence-corrected chi connectivity index (χ2v) is 9.01. The summed E-state index contributed by atoms with van der Waals surface area (Å²) in [5.41, 5.74) is 1.08. The number of benzene rings is 1. The lowest BCUT2D eigenvalue weighted by Crippen LogP contribution is -2.31. The van der Waals surface area contributed by atoms with Gasteiger partial charge >= 0.3 is 0 Å². The molecule has 0 aliphatic rings. The van der Waals surface area contributed by atoms with Gasteiger partial charge in [0.2, 0.25) is 5.91 Å². The van der Waals surface area contributed by atoms with E-state index in [9.17, 15) is 14.4 Å². The van der Waals surface area contributed by atoms with E-state index in [1.54, 1.807) is 30.3 Å². The summed E-state index contributed by atoms with van der Waals surface area (Å²) in [6.45, 7) is 11.1. The van der Waals surface area contributed by atoms with Crippen molar-refractivity contribution in [2.75, 3.05) is 10.6 Å². The highest BCUT2D eigenvalue weighted by Gasteiger charge is 2.23. The predicted molar refractivity (Wildman–Crippen MR) is 114 cm³/mol. The zero-order valence-electron chi connectivity index (χ0n) is 17.1. The van der Waals surface area contributed by atoms with Crippen LogP contribution in [0.1, 0.15) is 60.2 Å². The normalized spacial score (nSPS) is 11.2. The molecular weight excluding hydrogens is 374 g/mol. The third kappa shape index (κ3) is 5.42. The first kappa shape index (κ1) is 21.6. The van der Waals surface area contributed by atoms with Crippen LogP contribution in [0, 0.1) is 12.3 Å². The molecular formula is C21H27N3O3S. The van der Waals surface area contributed by atoms with Crippen molar-refractivity contribution in [2.45, 2.75) is 47.6 Å². The van der Waals surface area contributed by atoms with Crippen LogP contribution in [-0.2, 0) is 4.79 Å². The van der Waals surface area contributed by atoms with Crippen LogP contribution in [0.4, 0.5) is 10.7 Å². The van der Waals surface area contributed by atoms with E-state index in [0.29, 0.717) is 21.1 Å². The van der Waals surface area contributed by atoms with Gasteiger partial charge in [0.15, 0.2) is 0 Å². The van der Waals surface area contributed by atoms with E-state index in [-0.39, 0.29) is 23.8 Å². The van der Waals surface area contributed by atoms with Gasteiger partial charge in [0.05, 0.1) is 21.1 Å². The van der Waals surface area contributed by atoms with Crippen LogP contribution in [0.3, 0.4) is 0 Å². The summed E-state index contributed by atoms with van der Waals surface area (Å²) in [7, 11) is 0. The predicted octanol–water partition coefficient (Wildman–Crippen LogP) is 4.43. The number of nitrogens with one attached hydrogen (secondary N) is 3. The van der Waals surface area contributed by atoms with Crippen molar-refractivity contribution >= 4 is 39.7 Å². The number of thiophene rings is 1. The SMILES string of the molecule is Cc1cc(NC(=O)C(C)(C)C)sc1C(=O)Nc1ccccc1C(=O)NC(C)C. The largest absolute Gasteiger partial charge is 0.350 e. The van der Waals surface area contributed by atoms with E-state index in [4.69, 9.17) is 0 Å². The van der Waals surface area contributed by atoms with Gasteiger partial charge in [-0.15, -0.1) is 11.3 Å². The lowest BCUT2D eigenvalue weighted by molar-refractivity contribution is -0.123. The standard InChI is InChI=1S/C21H27N3O3S/c1-12(2)22-18(25)14-9-7-8-10-15(14)23-19(26)17-13(3)11-16(28-17)24-20(27)21(4,5)6/h7-12H,1-6H3,(H,22,25)(H,23,26)(H,24,27). The fraction of sp³-hybridized carbons (Fsp3) is 0.381. The second kappa shape index (κ2) is 8.56. The maximum atomic E-state index is 12.8. The molecule has 3 N–H and O–H groups in total. The third-order valence-corrected chi connectivity index (χ3v) is 5.03. The monoisotopic (exact) mass is 401 g/mol. The number of hydrogen-bond donors (Lipinski definition) is 3. The quantitative estimate of drug-likeness (QED) is 0.692. The maximum absolute atomic E-state index is 12.8. The first-order valence-electron chi connectivity index (χ1n) is 9.12. The summed E-state index contributed by atoms with van der Waals surface area (Å²) in [6, 6.07) is 8.65. The number of para-hydroxylation sites is 1. The molecule has 0 radical (unpaired) electrons. The highest BCUT2D eigenvalue weighted by atomic mass is 32.1. The third-order valence-electron chi connectivity index (χ3n) is 3.88. The van der Waals surface area contributed by atoms with Gasteiger partial charge in [-0.25, -0.2) is 0 Å². The number of carbonyl (C=O) groups excluding carboxylic acids is 3. The lowest BCUT2D eigenvalue weighted by Gasteiger charge is -2.16. The molecule has 0 saturated carbocycles. The molecule has 1 aromatic carbocycles. The molecule has 0 unspecified atom stereocenters. The highest BCUT2D eigenvalue weighted by molar-refractivity contribution is 7.18. The van der Waals surface area contributed by atoms with Gasteiger partial charge in [0.25, 0.3) is 11.8 Å². The van der Waals surface area contributed by atoms with Gasteiger partial charge in [0, 0.05) is 11.5 Å². The van der Waals surface area contributed by atoms with Crippen LogP contribution in [0.2, 0.25) is 0 Å². The fourth-order valence-electron chi connectivity index (χ4n) is 2.38. The van der Waals surface area contributed by atoms with Crippen LogP contribution < -0.4 is 16.0 Å². The van der Waals surface area contributed by atoms with Crippen molar-refractivity contribution in [3.05, 3.63) is 46.3 Å². The molecule has 0 spiro atoms. The van der Waals surface area contributed by atoms with Crippen molar-refractivity contribution in [3.8, 4) is 0 Å². The van der Waals surface area contributed by atoms with Crippen LogP contribution in [0.25, 0.3) is 0 Å². The van der Waals surface area contributed by atoms with Gasteiger partial charge in [-0.1, -0.05) is 32.9 Å². The van der Waals surface area contributed by atoms with Crippen molar-refractivity contribution in [2.24, 2.45) is 5.41 Å². The minimum atomic E-state index is -0.525. The van der Waals surface area contributed by atoms with Crippen molar-refractivity contribution < 1.29 is 14.4 Å². The zero-order valence-corrected chi connectivity index (χ0v) is 17.9. The van der Waals surface area contributed by atoms with Crippen LogP contribution >= 0.6 is 11.3 Å². The summed E-state index contributed by atoms with van der Waals surface area (Å²) >= 11 is 1.21. The molecule has 1 aromatic heterocycles. The molecule has 0 fully saturated rings. The second-order valence-electron chi connectivity index (χ2n) is 7.95. The van der Waals surface area contributed by atoms with Crippen molar-refractivity contribution in [1.29, 1.82) is 0 Å². The number of anilines is 2. The van der Waals surface area contributed by atoms with Crippen LogP contribution in [-0.4, -0.2) is 23.8 Å². The van der Waals surface area contributed by atoms with Crippen molar-refractivity contribution in [1.82, 2.24) is 5.32 Å². The molecule has 0 aliphatic heterocycles. The first-order chi connectivity index (χ1) is 13.0. The lowest BCUT2D eigenvalue weighted by atomic mass is 9.96. The smallest absolute Gasteiger partial charge is 0.266 e. The molecule has 2 aromatic rings. The summed E-state index contributed by atoms with van der Waals surface area (Å²) < 4.78 is 0.